The Bertz CT molecular complexity index is 887. The number of carboxylic acids is 2. The average molecular weight is 544 g/mol. The number of hydrogen-bond acceptors (Lipinski definition) is 11. The van der Waals surface area contributed by atoms with E-state index in [4.69, 9.17) is 40.6 Å². The molecule has 202 valence electrons. The number of aliphatic hydroxyl groups is 1. The molecule has 0 aliphatic rings. The maximum Gasteiger partial charge on any atom is 1.00 e. The molecule has 0 spiro atoms. The Morgan fingerprint density at radius 1 is 0.789 bits per heavy atom. The zero-order valence-corrected chi connectivity index (χ0v) is 22.8. The molecule has 14 heteroatoms. The van der Waals surface area contributed by atoms with E-state index in [2.05, 4.69) is 0 Å². The van der Waals surface area contributed by atoms with E-state index in [9.17, 15) is 19.2 Å². The third kappa shape index (κ3) is 19.8. The Kier molecular flexibility index (Phi) is 22.1. The summed E-state index contributed by atoms with van der Waals surface area (Å²) < 4.78 is 9.89. The number of carbonyl (C=O) groups excluding carboxylic acids is 2. The van der Waals surface area contributed by atoms with Gasteiger partial charge in [0.05, 0.1) is 0 Å². The Labute approximate surface area is 240 Å². The second-order valence-electron chi connectivity index (χ2n) is 7.24. The normalized spacial score (nSPS) is 10.9. The van der Waals surface area contributed by atoms with Crippen LogP contribution in [0.2, 0.25) is 0 Å². The molecule has 0 aliphatic heterocycles. The summed E-state index contributed by atoms with van der Waals surface area (Å²) in [5.41, 5.74) is 7.02. The minimum atomic E-state index is -1.51. The molecule has 0 aliphatic carbocycles. The van der Waals surface area contributed by atoms with Gasteiger partial charge in [0.2, 0.25) is 0 Å². The maximum absolute atomic E-state index is 11.3. The van der Waals surface area contributed by atoms with Crippen LogP contribution >= 0.6 is 0 Å². The first-order valence-electron chi connectivity index (χ1n) is 10.8. The number of nitrogens with two attached hydrogens (primary N) is 1. The fourth-order valence-electron chi connectivity index (χ4n) is 2.40. The molecule has 2 rings (SSSR count). The largest absolute Gasteiger partial charge is 1.00 e. The van der Waals surface area contributed by atoms with E-state index in [1.807, 2.05) is 60.7 Å². The first-order valence-corrected chi connectivity index (χ1v) is 10.8. The van der Waals surface area contributed by atoms with E-state index >= 15 is 0 Å². The fourth-order valence-corrected chi connectivity index (χ4v) is 2.40. The van der Waals surface area contributed by atoms with E-state index in [1.54, 1.807) is 0 Å². The van der Waals surface area contributed by atoms with Crippen molar-refractivity contribution in [2.45, 2.75) is 51.0 Å². The van der Waals surface area contributed by atoms with Crippen LogP contribution in [-0.4, -0.2) is 51.3 Å². The molecule has 0 heterocycles. The molecule has 0 bridgehead atoms. The van der Waals surface area contributed by atoms with Gasteiger partial charge in [0, 0.05) is 12.8 Å². The molecule has 2 atom stereocenters. The van der Waals surface area contributed by atoms with Crippen molar-refractivity contribution in [1.29, 1.82) is 0 Å². The van der Waals surface area contributed by atoms with E-state index in [0.717, 1.165) is 16.5 Å². The molecule has 5 N–H and O–H groups in total. The maximum atomic E-state index is 11.3. The van der Waals surface area contributed by atoms with Crippen LogP contribution in [0, 0.1) is 10.1 Å². The second kappa shape index (κ2) is 22.8. The predicted octanol–water partition coefficient (Wildman–Crippen LogP) is -0.868. The van der Waals surface area contributed by atoms with Gasteiger partial charge in [0.1, 0.15) is 19.3 Å². The zero-order chi connectivity index (χ0) is 28.1. The molecule has 0 fully saturated rings. The summed E-state index contributed by atoms with van der Waals surface area (Å²) in [6, 6.07) is 17.4. The predicted molar refractivity (Wildman–Crippen MR) is 129 cm³/mol. The average Bonchev–Trinajstić information content (AvgIpc) is 2.89. The summed E-state index contributed by atoms with van der Waals surface area (Å²) >= 11 is 0. The van der Waals surface area contributed by atoms with Crippen LogP contribution < -0.4 is 35.3 Å². The number of carboxylic acid groups (broad SMARTS) is 2. The van der Waals surface area contributed by atoms with Crippen LogP contribution in [0.3, 0.4) is 0 Å². The van der Waals surface area contributed by atoms with Crippen molar-refractivity contribution in [2.24, 2.45) is 11.1 Å². The third-order valence-electron chi connectivity index (χ3n) is 4.37. The fraction of sp³-hybridized carbons (Fsp3) is 0.333. The van der Waals surface area contributed by atoms with Crippen molar-refractivity contribution < 1.29 is 73.5 Å². The van der Waals surface area contributed by atoms with E-state index in [-0.39, 0.29) is 68.5 Å². The molecule has 13 nitrogen and oxygen atoms in total. The molecule has 2 aromatic rings. The Morgan fingerprint density at radius 3 is 1.50 bits per heavy atom. The van der Waals surface area contributed by atoms with Crippen molar-refractivity contribution in [1.82, 2.24) is 0 Å². The number of nitrogens with zero attached hydrogens (tertiary/aromatic N) is 1. The van der Waals surface area contributed by atoms with Crippen molar-refractivity contribution >= 4 is 23.9 Å². The number of rotatable bonds is 12. The molecule has 0 saturated heterocycles. The molecule has 0 aromatic heterocycles. The van der Waals surface area contributed by atoms with Crippen LogP contribution in [0.15, 0.2) is 66.0 Å². The van der Waals surface area contributed by atoms with Gasteiger partial charge in [-0.3, -0.25) is 14.4 Å². The number of esters is 2. The van der Waals surface area contributed by atoms with Crippen LogP contribution in [0.5, 0.6) is 0 Å². The Balaban J connectivity index is 0. The van der Waals surface area contributed by atoms with Gasteiger partial charge >= 0.3 is 53.4 Å². The SMILES string of the molecule is NC(CCC(=O)OCc1ccccc1)C(=O)O.O=C(CCC(O)C(=O)O)OCc1ccccc1.O=N[O-].[Na+]. The summed E-state index contributed by atoms with van der Waals surface area (Å²) in [6.07, 6.45) is -1.66. The quantitative estimate of drug-likeness (QED) is 0.111. The van der Waals surface area contributed by atoms with Gasteiger partial charge in [0.25, 0.3) is 0 Å². The topological polar surface area (TPSA) is 226 Å². The molecular weight excluding hydrogens is 515 g/mol. The summed E-state index contributed by atoms with van der Waals surface area (Å²) in [4.78, 5) is 51.2. The van der Waals surface area contributed by atoms with Crippen molar-refractivity contribution in [3.63, 3.8) is 0 Å². The number of aliphatic hydroxyl groups excluding tert-OH is 1. The number of benzene rings is 2. The van der Waals surface area contributed by atoms with Gasteiger partial charge in [-0.2, -0.15) is 0 Å². The van der Waals surface area contributed by atoms with Crippen LogP contribution in [0.25, 0.3) is 0 Å². The molecule has 2 unspecified atom stereocenters. The molecule has 0 saturated carbocycles. The van der Waals surface area contributed by atoms with Gasteiger partial charge in [0.15, 0.2) is 6.10 Å². The van der Waals surface area contributed by atoms with Gasteiger partial charge in [-0.05, 0) is 24.0 Å². The van der Waals surface area contributed by atoms with Gasteiger partial charge in [-0.25, -0.2) is 4.79 Å². The standard InChI is InChI=1S/C12H15NO4.C12H14O5.HNO2.Na/c2*13-10(12(15)16)6-7-11(14)17-8-9-4-2-1-3-5-9;2-1-3;/h1-5,10H,6-8,13H2,(H,15,16);1-5,10,13H,6-8H2,(H,15,16);(H,2,3);/q;;;+1/p-1. The van der Waals surface area contributed by atoms with Crippen molar-refractivity contribution in [2.75, 3.05) is 0 Å². The van der Waals surface area contributed by atoms with E-state index in [0.29, 0.717) is 0 Å². The van der Waals surface area contributed by atoms with E-state index in [1.165, 1.54) is 0 Å². The minimum Gasteiger partial charge on any atom is -0.480 e. The molecule has 2 aromatic carbocycles. The zero-order valence-electron chi connectivity index (χ0n) is 20.8. The smallest absolute Gasteiger partial charge is 0.480 e. The Hall–Kier alpha value is -3.36. The number of ether oxygens (including phenoxy) is 2. The van der Waals surface area contributed by atoms with Crippen LogP contribution in [0.1, 0.15) is 36.8 Å². The summed E-state index contributed by atoms with van der Waals surface area (Å²) in [5, 5.41) is 34.9. The number of aliphatic carboxylic acids is 2. The monoisotopic (exact) mass is 544 g/mol. The minimum absolute atomic E-state index is 0. The molecular formula is C24H29N2NaO11. The number of hydrogen-bond donors (Lipinski definition) is 4. The molecule has 0 amide bonds. The second-order valence-corrected chi connectivity index (χ2v) is 7.24. The van der Waals surface area contributed by atoms with E-state index < -0.39 is 36.0 Å². The van der Waals surface area contributed by atoms with Crippen LogP contribution in [0.4, 0.5) is 0 Å². The van der Waals surface area contributed by atoms with Gasteiger partial charge in [-0.1, -0.05) is 60.7 Å². The van der Waals surface area contributed by atoms with Gasteiger partial charge < -0.3 is 40.6 Å². The van der Waals surface area contributed by atoms with Crippen LogP contribution in [-0.2, 0) is 41.9 Å². The first-order chi connectivity index (χ1) is 17.6. The molecule has 0 radical (unpaired) electrons. The Morgan fingerprint density at radius 2 is 1.16 bits per heavy atom. The van der Waals surface area contributed by atoms with Crippen molar-refractivity contribution in [3.05, 3.63) is 81.9 Å². The van der Waals surface area contributed by atoms with Gasteiger partial charge in [-0.15, -0.1) is 5.34 Å². The molecule has 38 heavy (non-hydrogen) atoms. The third-order valence-corrected chi connectivity index (χ3v) is 4.37. The summed E-state index contributed by atoms with van der Waals surface area (Å²) in [7, 11) is 0. The van der Waals surface area contributed by atoms with Crippen molar-refractivity contribution in [3.8, 4) is 0 Å². The number of carbonyl (C=O) groups is 4. The summed E-state index contributed by atoms with van der Waals surface area (Å²) in [6.45, 7) is 0.352. The first kappa shape index (κ1) is 36.8. The summed E-state index contributed by atoms with van der Waals surface area (Å²) in [5.74, 6) is -3.40.